The number of urea groups is 1. The molecule has 2 rings (SSSR count). The van der Waals surface area contributed by atoms with Crippen molar-refractivity contribution >= 4 is 17.6 Å². The summed E-state index contributed by atoms with van der Waals surface area (Å²) >= 11 is 0. The van der Waals surface area contributed by atoms with Gasteiger partial charge in [-0.3, -0.25) is 10.1 Å². The highest BCUT2D eigenvalue weighted by Gasteiger charge is 2.10. The zero-order chi connectivity index (χ0) is 13.7. The maximum Gasteiger partial charge on any atom is 0.326 e. The molecule has 0 unspecified atom stereocenters. The minimum Gasteiger partial charge on any atom is -0.308 e. The summed E-state index contributed by atoms with van der Waals surface area (Å²) in [6, 6.07) is 13.1. The molecule has 0 saturated heterocycles. The normalized spacial score (nSPS) is 9.74. The quantitative estimate of drug-likeness (QED) is 0.870. The minimum atomic E-state index is -0.666. The number of rotatable bonds is 2. The summed E-state index contributed by atoms with van der Waals surface area (Å²) < 4.78 is 12.9. The molecule has 5 heteroatoms. The van der Waals surface area contributed by atoms with Crippen LogP contribution in [-0.2, 0) is 0 Å². The van der Waals surface area contributed by atoms with Gasteiger partial charge in [-0.25, -0.2) is 9.18 Å². The number of imide groups is 1. The van der Waals surface area contributed by atoms with E-state index in [2.05, 4.69) is 10.6 Å². The van der Waals surface area contributed by atoms with Crippen molar-refractivity contribution in [3.05, 3.63) is 66.0 Å². The lowest BCUT2D eigenvalue weighted by molar-refractivity contribution is 0.0966. The van der Waals surface area contributed by atoms with Gasteiger partial charge in [0, 0.05) is 11.3 Å². The Morgan fingerprint density at radius 2 is 1.68 bits per heavy atom. The molecule has 0 saturated carbocycles. The summed E-state index contributed by atoms with van der Waals surface area (Å²) in [5, 5.41) is 4.61. The van der Waals surface area contributed by atoms with Crippen LogP contribution in [-0.4, -0.2) is 11.9 Å². The van der Waals surface area contributed by atoms with E-state index in [1.807, 2.05) is 0 Å². The zero-order valence-corrected chi connectivity index (χ0v) is 9.89. The fraction of sp³-hybridized carbons (Fsp3) is 0. The standard InChI is InChI=1S/C14H11FN2O2/c15-11-6-4-5-10(9-11)13(18)17-14(19)16-12-7-2-1-3-8-12/h1-9H,(H2,16,17,18,19). The highest BCUT2D eigenvalue weighted by molar-refractivity contribution is 6.07. The Morgan fingerprint density at radius 3 is 2.37 bits per heavy atom. The maximum absolute atomic E-state index is 12.9. The Morgan fingerprint density at radius 1 is 0.947 bits per heavy atom. The third-order valence-corrected chi connectivity index (χ3v) is 2.35. The summed E-state index contributed by atoms with van der Waals surface area (Å²) in [5.74, 6) is -1.19. The van der Waals surface area contributed by atoms with Crippen LogP contribution in [0.1, 0.15) is 10.4 Å². The van der Waals surface area contributed by atoms with Crippen molar-refractivity contribution in [3.8, 4) is 0 Å². The fourth-order valence-corrected chi connectivity index (χ4v) is 1.49. The molecule has 0 bridgehead atoms. The first kappa shape index (κ1) is 12.8. The van der Waals surface area contributed by atoms with E-state index in [-0.39, 0.29) is 5.56 Å². The second-order valence-electron chi connectivity index (χ2n) is 3.78. The number of benzene rings is 2. The van der Waals surface area contributed by atoms with Crippen molar-refractivity contribution in [2.75, 3.05) is 5.32 Å². The molecule has 96 valence electrons. The van der Waals surface area contributed by atoms with Crippen LogP contribution in [0.15, 0.2) is 54.6 Å². The van der Waals surface area contributed by atoms with E-state index >= 15 is 0 Å². The molecule has 2 aromatic rings. The van der Waals surface area contributed by atoms with E-state index in [1.165, 1.54) is 18.2 Å². The lowest BCUT2D eigenvalue weighted by Gasteiger charge is -2.06. The number of carbonyl (C=O) groups is 2. The first-order valence-corrected chi connectivity index (χ1v) is 5.58. The number of hydrogen-bond donors (Lipinski definition) is 2. The van der Waals surface area contributed by atoms with Crippen LogP contribution in [0.5, 0.6) is 0 Å². The minimum absolute atomic E-state index is 0.0863. The van der Waals surface area contributed by atoms with Gasteiger partial charge in [-0.1, -0.05) is 24.3 Å². The number of halogens is 1. The molecular formula is C14H11FN2O2. The Kier molecular flexibility index (Phi) is 3.87. The first-order chi connectivity index (χ1) is 9.15. The third kappa shape index (κ3) is 3.64. The summed E-state index contributed by atoms with van der Waals surface area (Å²) in [6.07, 6.45) is 0. The highest BCUT2D eigenvalue weighted by Crippen LogP contribution is 2.05. The van der Waals surface area contributed by atoms with Gasteiger partial charge in [-0.15, -0.1) is 0 Å². The second kappa shape index (κ2) is 5.77. The van der Waals surface area contributed by atoms with Crippen LogP contribution in [0, 0.1) is 5.82 Å². The van der Waals surface area contributed by atoms with Crippen LogP contribution in [0.4, 0.5) is 14.9 Å². The van der Waals surface area contributed by atoms with Crippen molar-refractivity contribution < 1.29 is 14.0 Å². The lowest BCUT2D eigenvalue weighted by Crippen LogP contribution is -2.34. The molecule has 0 aliphatic heterocycles. The van der Waals surface area contributed by atoms with Crippen LogP contribution >= 0.6 is 0 Å². The molecule has 19 heavy (non-hydrogen) atoms. The van der Waals surface area contributed by atoms with E-state index in [0.29, 0.717) is 5.69 Å². The van der Waals surface area contributed by atoms with Gasteiger partial charge in [0.1, 0.15) is 5.82 Å². The van der Waals surface area contributed by atoms with E-state index in [4.69, 9.17) is 0 Å². The molecule has 2 aromatic carbocycles. The fourth-order valence-electron chi connectivity index (χ4n) is 1.49. The Labute approximate surface area is 109 Å². The average molecular weight is 258 g/mol. The third-order valence-electron chi connectivity index (χ3n) is 2.35. The molecule has 0 aliphatic carbocycles. The van der Waals surface area contributed by atoms with Gasteiger partial charge >= 0.3 is 6.03 Å². The predicted octanol–water partition coefficient (Wildman–Crippen LogP) is 2.79. The Bertz CT molecular complexity index is 599. The van der Waals surface area contributed by atoms with E-state index in [0.717, 1.165) is 6.07 Å². The number of hydrogen-bond acceptors (Lipinski definition) is 2. The van der Waals surface area contributed by atoms with Crippen LogP contribution in [0.25, 0.3) is 0 Å². The molecule has 0 atom stereocenters. The van der Waals surface area contributed by atoms with Gasteiger partial charge in [-0.2, -0.15) is 0 Å². The van der Waals surface area contributed by atoms with Gasteiger partial charge in [0.2, 0.25) is 0 Å². The Hall–Kier alpha value is -2.69. The van der Waals surface area contributed by atoms with Crippen molar-refractivity contribution in [2.24, 2.45) is 0 Å². The molecule has 2 N–H and O–H groups in total. The molecule has 0 aromatic heterocycles. The smallest absolute Gasteiger partial charge is 0.308 e. The SMILES string of the molecule is O=C(NC(=O)c1cccc(F)c1)Nc1ccccc1. The molecule has 0 fully saturated rings. The first-order valence-electron chi connectivity index (χ1n) is 5.58. The number of carbonyl (C=O) groups excluding carboxylic acids is 2. The van der Waals surface area contributed by atoms with Crippen LogP contribution in [0.3, 0.4) is 0 Å². The average Bonchev–Trinajstić information content (AvgIpc) is 2.39. The molecule has 0 heterocycles. The summed E-state index contributed by atoms with van der Waals surface area (Å²) in [5.41, 5.74) is 0.648. The van der Waals surface area contributed by atoms with E-state index < -0.39 is 17.8 Å². The second-order valence-corrected chi connectivity index (χ2v) is 3.78. The molecule has 0 spiro atoms. The van der Waals surface area contributed by atoms with Gasteiger partial charge in [0.05, 0.1) is 0 Å². The monoisotopic (exact) mass is 258 g/mol. The van der Waals surface area contributed by atoms with Gasteiger partial charge in [-0.05, 0) is 30.3 Å². The largest absolute Gasteiger partial charge is 0.326 e. The van der Waals surface area contributed by atoms with Gasteiger partial charge in [0.25, 0.3) is 5.91 Å². The lowest BCUT2D eigenvalue weighted by atomic mass is 10.2. The van der Waals surface area contributed by atoms with Gasteiger partial charge < -0.3 is 5.32 Å². The van der Waals surface area contributed by atoms with Crippen molar-refractivity contribution in [2.45, 2.75) is 0 Å². The zero-order valence-electron chi connectivity index (χ0n) is 9.89. The molecular weight excluding hydrogens is 247 g/mol. The van der Waals surface area contributed by atoms with E-state index in [1.54, 1.807) is 30.3 Å². The highest BCUT2D eigenvalue weighted by atomic mass is 19.1. The van der Waals surface area contributed by atoms with Gasteiger partial charge in [0.15, 0.2) is 0 Å². The van der Waals surface area contributed by atoms with E-state index in [9.17, 15) is 14.0 Å². The summed E-state index contributed by atoms with van der Waals surface area (Å²) in [7, 11) is 0. The van der Waals surface area contributed by atoms with Crippen molar-refractivity contribution in [3.63, 3.8) is 0 Å². The number of para-hydroxylation sites is 1. The number of amides is 3. The molecule has 4 nitrogen and oxygen atoms in total. The predicted molar refractivity (Wildman–Crippen MR) is 69.3 cm³/mol. The van der Waals surface area contributed by atoms with Crippen LogP contribution in [0.2, 0.25) is 0 Å². The molecule has 0 radical (unpaired) electrons. The van der Waals surface area contributed by atoms with Crippen LogP contribution < -0.4 is 10.6 Å². The summed E-state index contributed by atoms with van der Waals surface area (Å²) in [4.78, 5) is 23.2. The van der Waals surface area contributed by atoms with Crippen molar-refractivity contribution in [1.82, 2.24) is 5.32 Å². The topological polar surface area (TPSA) is 58.2 Å². The summed E-state index contributed by atoms with van der Waals surface area (Å²) in [6.45, 7) is 0. The number of nitrogens with one attached hydrogen (secondary N) is 2. The van der Waals surface area contributed by atoms with Crippen molar-refractivity contribution in [1.29, 1.82) is 0 Å². The Balaban J connectivity index is 1.98. The molecule has 3 amide bonds. The number of anilines is 1. The maximum atomic E-state index is 12.9. The molecule has 0 aliphatic rings.